The third-order valence-electron chi connectivity index (χ3n) is 3.85. The highest BCUT2D eigenvalue weighted by Crippen LogP contribution is 2.27. The summed E-state index contributed by atoms with van der Waals surface area (Å²) in [7, 11) is 1.57. The summed E-state index contributed by atoms with van der Waals surface area (Å²) in [5, 5.41) is 8.13. The summed E-state index contributed by atoms with van der Waals surface area (Å²) in [4.78, 5) is 20.7. The van der Waals surface area contributed by atoms with Crippen LogP contribution in [-0.2, 0) is 0 Å². The predicted octanol–water partition coefficient (Wildman–Crippen LogP) is 2.30. The van der Waals surface area contributed by atoms with E-state index < -0.39 is 5.91 Å². The summed E-state index contributed by atoms with van der Waals surface area (Å²) in [6.45, 7) is 6.38. The van der Waals surface area contributed by atoms with Crippen molar-refractivity contribution in [2.24, 2.45) is 5.10 Å². The average Bonchev–Trinajstić information content (AvgIpc) is 3.11. The maximum Gasteiger partial charge on any atom is 0.311 e. The van der Waals surface area contributed by atoms with Crippen LogP contribution in [-0.4, -0.2) is 45.4 Å². The van der Waals surface area contributed by atoms with E-state index in [2.05, 4.69) is 25.6 Å². The molecule has 28 heavy (non-hydrogen) atoms. The van der Waals surface area contributed by atoms with E-state index in [1.54, 1.807) is 19.2 Å². The molecule has 146 valence electrons. The van der Waals surface area contributed by atoms with Gasteiger partial charge in [0.25, 0.3) is 5.78 Å². The van der Waals surface area contributed by atoms with Crippen LogP contribution in [0.5, 0.6) is 11.5 Å². The summed E-state index contributed by atoms with van der Waals surface area (Å²) in [6, 6.07) is 7.27. The van der Waals surface area contributed by atoms with Crippen molar-refractivity contribution in [1.82, 2.24) is 25.0 Å². The fraction of sp³-hybridized carbons (Fsp3) is 0.316. The number of ether oxygens (including phenoxy) is 2. The summed E-state index contributed by atoms with van der Waals surface area (Å²) in [5.41, 5.74) is 4.82. The molecule has 0 aliphatic rings. The van der Waals surface area contributed by atoms with Gasteiger partial charge < -0.3 is 9.47 Å². The molecule has 0 spiro atoms. The van der Waals surface area contributed by atoms with E-state index in [1.165, 1.54) is 10.7 Å². The minimum Gasteiger partial charge on any atom is -0.493 e. The smallest absolute Gasteiger partial charge is 0.311 e. The van der Waals surface area contributed by atoms with Crippen LogP contribution < -0.4 is 14.9 Å². The minimum absolute atomic E-state index is 0.000700. The Morgan fingerprint density at radius 3 is 2.82 bits per heavy atom. The molecule has 9 heteroatoms. The van der Waals surface area contributed by atoms with Crippen molar-refractivity contribution in [2.75, 3.05) is 13.7 Å². The number of aromatic nitrogens is 4. The van der Waals surface area contributed by atoms with Gasteiger partial charge in [0, 0.05) is 11.4 Å². The number of nitrogens with zero attached hydrogens (tertiary/aromatic N) is 5. The fourth-order valence-electron chi connectivity index (χ4n) is 2.57. The second kappa shape index (κ2) is 8.47. The van der Waals surface area contributed by atoms with E-state index in [0.29, 0.717) is 23.9 Å². The number of hydrogen-bond donors (Lipinski definition) is 1. The molecule has 1 amide bonds. The topological polar surface area (TPSA) is 103 Å². The van der Waals surface area contributed by atoms with E-state index in [4.69, 9.17) is 9.47 Å². The van der Waals surface area contributed by atoms with Crippen molar-refractivity contribution in [2.45, 2.75) is 27.2 Å². The third-order valence-corrected chi connectivity index (χ3v) is 3.85. The Bertz CT molecular complexity index is 1030. The number of carbonyl (C=O) groups excluding carboxylic acids is 1. The molecule has 0 bridgehead atoms. The number of hydrazone groups is 1. The first-order valence-corrected chi connectivity index (χ1v) is 8.87. The molecule has 0 radical (unpaired) electrons. The van der Waals surface area contributed by atoms with Gasteiger partial charge in [0.2, 0.25) is 5.82 Å². The first-order valence-electron chi connectivity index (χ1n) is 8.87. The van der Waals surface area contributed by atoms with Crippen molar-refractivity contribution in [3.63, 3.8) is 0 Å². The van der Waals surface area contributed by atoms with Crippen LogP contribution in [0.4, 0.5) is 0 Å². The number of methoxy groups -OCH3 is 1. The molecule has 3 rings (SSSR count). The molecular formula is C19H22N6O3. The van der Waals surface area contributed by atoms with Crippen molar-refractivity contribution in [3.8, 4) is 11.5 Å². The van der Waals surface area contributed by atoms with Crippen LogP contribution in [0.2, 0.25) is 0 Å². The van der Waals surface area contributed by atoms with Gasteiger partial charge in [0.15, 0.2) is 11.5 Å². The van der Waals surface area contributed by atoms with Crippen molar-refractivity contribution < 1.29 is 14.3 Å². The van der Waals surface area contributed by atoms with E-state index in [1.807, 2.05) is 32.9 Å². The standard InChI is InChI=1S/C19H22N6O3/c1-5-8-28-15-7-6-14(10-16(15)27-4)11-20-23-18(26)17-22-19-21-12(2)9-13(3)25(19)24-17/h6-7,9-11H,5,8H2,1-4H3,(H,23,26). The normalized spacial score (nSPS) is 11.1. The molecule has 2 heterocycles. The van der Waals surface area contributed by atoms with Gasteiger partial charge in [-0.1, -0.05) is 6.92 Å². The molecule has 9 nitrogen and oxygen atoms in total. The Balaban J connectivity index is 1.70. The van der Waals surface area contributed by atoms with Crippen LogP contribution in [0.25, 0.3) is 5.78 Å². The number of benzene rings is 1. The van der Waals surface area contributed by atoms with Crippen molar-refractivity contribution in [1.29, 1.82) is 0 Å². The molecule has 0 unspecified atom stereocenters. The fourth-order valence-corrected chi connectivity index (χ4v) is 2.57. The molecule has 3 aromatic rings. The van der Waals surface area contributed by atoms with Crippen LogP contribution in [0.15, 0.2) is 29.4 Å². The largest absolute Gasteiger partial charge is 0.493 e. The number of hydrogen-bond acceptors (Lipinski definition) is 7. The zero-order chi connectivity index (χ0) is 20.1. The zero-order valence-corrected chi connectivity index (χ0v) is 16.3. The monoisotopic (exact) mass is 382 g/mol. The Morgan fingerprint density at radius 1 is 1.25 bits per heavy atom. The first kappa shape index (κ1) is 19.3. The van der Waals surface area contributed by atoms with Gasteiger partial charge in [0.1, 0.15) is 0 Å². The lowest BCUT2D eigenvalue weighted by atomic mass is 10.2. The lowest BCUT2D eigenvalue weighted by molar-refractivity contribution is 0.0945. The minimum atomic E-state index is -0.520. The summed E-state index contributed by atoms with van der Waals surface area (Å²) >= 11 is 0. The Labute approximate surface area is 162 Å². The lowest BCUT2D eigenvalue weighted by Gasteiger charge is -2.10. The molecule has 2 aromatic heterocycles. The number of rotatable bonds is 7. The van der Waals surface area contributed by atoms with Crippen LogP contribution in [0, 0.1) is 13.8 Å². The van der Waals surface area contributed by atoms with E-state index in [0.717, 1.165) is 23.4 Å². The van der Waals surface area contributed by atoms with Crippen LogP contribution in [0.3, 0.4) is 0 Å². The molecule has 0 atom stereocenters. The highest BCUT2D eigenvalue weighted by atomic mass is 16.5. The van der Waals surface area contributed by atoms with Gasteiger partial charge in [-0.25, -0.2) is 14.9 Å². The molecule has 0 aliphatic carbocycles. The molecule has 1 N–H and O–H groups in total. The number of amides is 1. The summed E-state index contributed by atoms with van der Waals surface area (Å²) in [5.74, 6) is 1.12. The lowest BCUT2D eigenvalue weighted by Crippen LogP contribution is -2.19. The van der Waals surface area contributed by atoms with Crippen LogP contribution in [0.1, 0.15) is 40.9 Å². The highest BCUT2D eigenvalue weighted by Gasteiger charge is 2.14. The number of fused-ring (bicyclic) bond motifs is 1. The van der Waals surface area contributed by atoms with E-state index >= 15 is 0 Å². The van der Waals surface area contributed by atoms with Gasteiger partial charge in [-0.05, 0) is 50.1 Å². The molecule has 0 aliphatic heterocycles. The molecule has 0 saturated carbocycles. The molecule has 0 saturated heterocycles. The SMILES string of the molecule is CCCOc1ccc(C=NNC(=O)c2nc3nc(C)cc(C)n3n2)cc1OC. The maximum atomic E-state index is 12.3. The third kappa shape index (κ3) is 4.25. The Kier molecular flexibility index (Phi) is 5.83. The number of nitrogens with one attached hydrogen (secondary N) is 1. The van der Waals surface area contributed by atoms with Gasteiger partial charge >= 0.3 is 5.91 Å². The first-order chi connectivity index (χ1) is 13.5. The quantitative estimate of drug-likeness (QED) is 0.497. The number of carbonyl (C=O) groups is 1. The van der Waals surface area contributed by atoms with Crippen molar-refractivity contribution >= 4 is 17.9 Å². The number of aryl methyl sites for hydroxylation is 2. The molecule has 1 aromatic carbocycles. The summed E-state index contributed by atoms with van der Waals surface area (Å²) < 4.78 is 12.5. The Morgan fingerprint density at radius 2 is 2.07 bits per heavy atom. The van der Waals surface area contributed by atoms with Gasteiger partial charge in [-0.15, -0.1) is 5.10 Å². The van der Waals surface area contributed by atoms with Crippen molar-refractivity contribution in [3.05, 3.63) is 47.0 Å². The maximum absolute atomic E-state index is 12.3. The average molecular weight is 382 g/mol. The second-order valence-corrected chi connectivity index (χ2v) is 6.14. The predicted molar refractivity (Wildman–Crippen MR) is 104 cm³/mol. The Hall–Kier alpha value is -3.49. The van der Waals surface area contributed by atoms with Gasteiger partial charge in [-0.3, -0.25) is 4.79 Å². The van der Waals surface area contributed by atoms with Gasteiger partial charge in [0.05, 0.1) is 19.9 Å². The molecule has 0 fully saturated rings. The van der Waals surface area contributed by atoms with E-state index in [9.17, 15) is 4.79 Å². The van der Waals surface area contributed by atoms with Gasteiger partial charge in [-0.2, -0.15) is 10.1 Å². The highest BCUT2D eigenvalue weighted by molar-refractivity contribution is 5.91. The summed E-state index contributed by atoms with van der Waals surface area (Å²) in [6.07, 6.45) is 2.41. The zero-order valence-electron chi connectivity index (χ0n) is 16.3. The van der Waals surface area contributed by atoms with Crippen LogP contribution >= 0.6 is 0 Å². The van der Waals surface area contributed by atoms with E-state index in [-0.39, 0.29) is 5.82 Å². The molecular weight excluding hydrogens is 360 g/mol. The second-order valence-electron chi connectivity index (χ2n) is 6.14.